The molecular formula is C11H10O3S. The van der Waals surface area contributed by atoms with Crippen molar-refractivity contribution in [1.82, 2.24) is 0 Å². The summed E-state index contributed by atoms with van der Waals surface area (Å²) in [6, 6.07) is 4.52. The Morgan fingerprint density at radius 2 is 1.93 bits per heavy atom. The Hall–Kier alpha value is -1.29. The van der Waals surface area contributed by atoms with Gasteiger partial charge < -0.3 is 5.11 Å². The molecule has 0 saturated heterocycles. The van der Waals surface area contributed by atoms with Crippen LogP contribution in [0.25, 0.3) is 0 Å². The van der Waals surface area contributed by atoms with E-state index in [0.717, 1.165) is 0 Å². The average molecular weight is 222 g/mol. The molecule has 78 valence electrons. The maximum absolute atomic E-state index is 11.8. The molecule has 4 heteroatoms. The van der Waals surface area contributed by atoms with Crippen LogP contribution in [0, 0.1) is 5.92 Å². The molecule has 0 aromatic heterocycles. The van der Waals surface area contributed by atoms with E-state index in [2.05, 4.69) is 12.6 Å². The van der Waals surface area contributed by atoms with E-state index in [1.54, 1.807) is 19.1 Å². The first-order valence-electron chi connectivity index (χ1n) is 4.62. The molecule has 0 bridgehead atoms. The van der Waals surface area contributed by atoms with Gasteiger partial charge in [0.25, 0.3) is 0 Å². The molecule has 0 saturated carbocycles. The van der Waals surface area contributed by atoms with Crippen molar-refractivity contribution in [2.24, 2.45) is 5.92 Å². The van der Waals surface area contributed by atoms with Gasteiger partial charge in [-0.15, -0.1) is 0 Å². The predicted molar refractivity (Wildman–Crippen MR) is 58.7 cm³/mol. The molecule has 0 heterocycles. The topological polar surface area (TPSA) is 54.4 Å². The molecule has 0 spiro atoms. The number of ketones is 2. The molecule has 0 fully saturated rings. The summed E-state index contributed by atoms with van der Waals surface area (Å²) in [6.45, 7) is 1.67. The van der Waals surface area contributed by atoms with Gasteiger partial charge in [0.15, 0.2) is 11.6 Å². The summed E-state index contributed by atoms with van der Waals surface area (Å²) >= 11 is 4.10. The number of hydrogen-bond donors (Lipinski definition) is 2. The summed E-state index contributed by atoms with van der Waals surface area (Å²) < 4.78 is 0. The third-order valence-electron chi connectivity index (χ3n) is 2.71. The lowest BCUT2D eigenvalue weighted by Gasteiger charge is -2.24. The highest BCUT2D eigenvalue weighted by Gasteiger charge is 2.38. The fraction of sp³-hybridized carbons (Fsp3) is 0.273. The van der Waals surface area contributed by atoms with Crippen molar-refractivity contribution in [2.45, 2.75) is 12.2 Å². The lowest BCUT2D eigenvalue weighted by atomic mass is 9.82. The van der Waals surface area contributed by atoms with Crippen LogP contribution in [0.1, 0.15) is 27.6 Å². The van der Waals surface area contributed by atoms with Gasteiger partial charge in [-0.3, -0.25) is 9.59 Å². The SMILES string of the molecule is C[C@H]1C(=O)c2cccc(O)c2C(=O)[C@@H]1S. The molecule has 1 aliphatic carbocycles. The van der Waals surface area contributed by atoms with Gasteiger partial charge in [-0.2, -0.15) is 12.6 Å². The molecule has 0 amide bonds. The molecule has 3 nitrogen and oxygen atoms in total. The Morgan fingerprint density at radius 1 is 1.27 bits per heavy atom. The van der Waals surface area contributed by atoms with Crippen LogP contribution in [0.2, 0.25) is 0 Å². The molecule has 2 atom stereocenters. The van der Waals surface area contributed by atoms with E-state index in [1.165, 1.54) is 6.07 Å². The highest BCUT2D eigenvalue weighted by atomic mass is 32.1. The molecule has 1 aromatic rings. The van der Waals surface area contributed by atoms with Crippen molar-refractivity contribution in [2.75, 3.05) is 0 Å². The number of thiol groups is 1. The van der Waals surface area contributed by atoms with Crippen LogP contribution < -0.4 is 0 Å². The molecule has 0 radical (unpaired) electrons. The first kappa shape index (κ1) is 10.2. The minimum atomic E-state index is -0.654. The fourth-order valence-corrected chi connectivity index (χ4v) is 2.03. The highest BCUT2D eigenvalue weighted by molar-refractivity contribution is 7.82. The van der Waals surface area contributed by atoms with Gasteiger partial charge in [0.1, 0.15) is 5.75 Å². The minimum Gasteiger partial charge on any atom is -0.507 e. The molecule has 2 rings (SSSR count). The Morgan fingerprint density at radius 3 is 2.60 bits per heavy atom. The van der Waals surface area contributed by atoms with Gasteiger partial charge in [-0.1, -0.05) is 19.1 Å². The summed E-state index contributed by atoms with van der Waals surface area (Å²) in [5.74, 6) is -0.994. The molecule has 1 aromatic carbocycles. The van der Waals surface area contributed by atoms with Gasteiger partial charge in [-0.25, -0.2) is 0 Å². The predicted octanol–water partition coefficient (Wildman–Crippen LogP) is 1.71. The van der Waals surface area contributed by atoms with Gasteiger partial charge in [0.05, 0.1) is 10.8 Å². The quantitative estimate of drug-likeness (QED) is 0.657. The van der Waals surface area contributed by atoms with Crippen LogP contribution in [0.4, 0.5) is 0 Å². The van der Waals surface area contributed by atoms with Crippen LogP contribution in [0.15, 0.2) is 18.2 Å². The second kappa shape index (κ2) is 3.38. The zero-order valence-corrected chi connectivity index (χ0v) is 8.99. The number of phenolic OH excluding ortho intramolecular Hbond substituents is 1. The average Bonchev–Trinajstić information content (AvgIpc) is 2.23. The number of carbonyl (C=O) groups is 2. The Labute approximate surface area is 92.5 Å². The van der Waals surface area contributed by atoms with Crippen LogP contribution in [-0.4, -0.2) is 21.9 Å². The van der Waals surface area contributed by atoms with Gasteiger partial charge in [0, 0.05) is 11.5 Å². The third-order valence-corrected chi connectivity index (χ3v) is 3.39. The Bertz CT molecular complexity index is 453. The standard InChI is InChI=1S/C11H10O3S/c1-5-9(13)6-3-2-4-7(12)8(6)10(14)11(5)15/h2-5,11-12,15H,1H3/t5-,11+/m0/s1. The maximum atomic E-state index is 11.8. The monoisotopic (exact) mass is 222 g/mol. The number of carbonyl (C=O) groups excluding carboxylic acids is 2. The second-order valence-electron chi connectivity index (χ2n) is 3.66. The van der Waals surface area contributed by atoms with Crippen LogP contribution in [0.5, 0.6) is 5.75 Å². The smallest absolute Gasteiger partial charge is 0.180 e. The van der Waals surface area contributed by atoms with Gasteiger partial charge >= 0.3 is 0 Å². The Kier molecular flexibility index (Phi) is 2.31. The summed E-state index contributed by atoms with van der Waals surface area (Å²) in [5.41, 5.74) is 0.415. The summed E-state index contributed by atoms with van der Waals surface area (Å²) in [6.07, 6.45) is 0. The third kappa shape index (κ3) is 1.36. The number of fused-ring (bicyclic) bond motifs is 1. The number of Topliss-reactive ketones (excluding diaryl/α,β-unsaturated/α-hetero) is 2. The first-order chi connectivity index (χ1) is 7.04. The highest BCUT2D eigenvalue weighted by Crippen LogP contribution is 2.33. The van der Waals surface area contributed by atoms with Crippen LogP contribution in [0.3, 0.4) is 0 Å². The molecule has 0 unspecified atom stereocenters. The van der Waals surface area contributed by atoms with Crippen molar-refractivity contribution >= 4 is 24.2 Å². The van der Waals surface area contributed by atoms with Gasteiger partial charge in [-0.05, 0) is 6.07 Å². The number of hydrogen-bond acceptors (Lipinski definition) is 4. The number of phenols is 1. The minimum absolute atomic E-state index is 0.112. The normalized spacial score (nSPS) is 25.2. The zero-order chi connectivity index (χ0) is 11.2. The van der Waals surface area contributed by atoms with Crippen LogP contribution >= 0.6 is 12.6 Å². The number of rotatable bonds is 0. The van der Waals surface area contributed by atoms with Crippen molar-refractivity contribution in [1.29, 1.82) is 0 Å². The van der Waals surface area contributed by atoms with E-state index in [-0.39, 0.29) is 22.9 Å². The van der Waals surface area contributed by atoms with Crippen molar-refractivity contribution in [3.8, 4) is 5.75 Å². The molecule has 1 aliphatic rings. The molecule has 0 aliphatic heterocycles. The zero-order valence-electron chi connectivity index (χ0n) is 8.10. The second-order valence-corrected chi connectivity index (χ2v) is 4.22. The van der Waals surface area contributed by atoms with E-state index < -0.39 is 11.2 Å². The van der Waals surface area contributed by atoms with Crippen molar-refractivity contribution < 1.29 is 14.7 Å². The van der Waals surface area contributed by atoms with E-state index in [4.69, 9.17) is 0 Å². The Balaban J connectivity index is 2.70. The van der Waals surface area contributed by atoms with Gasteiger partial charge in [0.2, 0.25) is 0 Å². The number of aromatic hydroxyl groups is 1. The molecule has 15 heavy (non-hydrogen) atoms. The summed E-state index contributed by atoms with van der Waals surface area (Å²) in [4.78, 5) is 23.6. The molecule has 1 N–H and O–H groups in total. The summed E-state index contributed by atoms with van der Waals surface area (Å²) in [7, 11) is 0. The van der Waals surface area contributed by atoms with E-state index in [1.807, 2.05) is 0 Å². The lowest BCUT2D eigenvalue weighted by molar-refractivity contribution is 0.0841. The number of benzene rings is 1. The fourth-order valence-electron chi connectivity index (χ4n) is 1.77. The van der Waals surface area contributed by atoms with E-state index in [0.29, 0.717) is 5.56 Å². The van der Waals surface area contributed by atoms with E-state index >= 15 is 0 Å². The first-order valence-corrected chi connectivity index (χ1v) is 5.14. The summed E-state index contributed by atoms with van der Waals surface area (Å²) in [5, 5.41) is 8.89. The van der Waals surface area contributed by atoms with Crippen molar-refractivity contribution in [3.63, 3.8) is 0 Å². The largest absolute Gasteiger partial charge is 0.507 e. The van der Waals surface area contributed by atoms with E-state index in [9.17, 15) is 14.7 Å². The van der Waals surface area contributed by atoms with Crippen molar-refractivity contribution in [3.05, 3.63) is 29.3 Å². The lowest BCUT2D eigenvalue weighted by Crippen LogP contribution is -2.35. The molecular weight excluding hydrogens is 212 g/mol. The van der Waals surface area contributed by atoms with Crippen LogP contribution in [-0.2, 0) is 0 Å². The maximum Gasteiger partial charge on any atom is 0.180 e.